The zero-order valence-electron chi connectivity index (χ0n) is 7.75. The Labute approximate surface area is 75.3 Å². The van der Waals surface area contributed by atoms with E-state index in [9.17, 15) is 8.42 Å². The molecule has 72 valence electrons. The van der Waals surface area contributed by atoms with E-state index in [1.54, 1.807) is 0 Å². The molecule has 0 amide bonds. The van der Waals surface area contributed by atoms with Crippen LogP contribution in [0.1, 0.15) is 38.5 Å². The zero-order valence-corrected chi connectivity index (χ0v) is 8.57. The summed E-state index contributed by atoms with van der Waals surface area (Å²) in [5.74, 6) is 1.07. The summed E-state index contributed by atoms with van der Waals surface area (Å²) in [5, 5.41) is 0. The molecule has 0 N–H and O–H groups in total. The second-order valence-electron chi connectivity index (χ2n) is 3.92. The molecule has 12 heavy (non-hydrogen) atoms. The molecule has 0 aromatic carbocycles. The molecular weight excluding hydrogens is 172 g/mol. The number of rotatable bonds is 3. The van der Waals surface area contributed by atoms with Crippen LogP contribution >= 0.6 is 0 Å². The van der Waals surface area contributed by atoms with Gasteiger partial charge in [0.15, 0.2) is 0 Å². The molecule has 0 bridgehead atoms. The van der Waals surface area contributed by atoms with Crippen LogP contribution in [0.15, 0.2) is 0 Å². The Morgan fingerprint density at radius 2 is 1.75 bits per heavy atom. The van der Waals surface area contributed by atoms with Crippen LogP contribution in [0.25, 0.3) is 0 Å². The first-order valence-electron chi connectivity index (χ1n) is 4.76. The highest BCUT2D eigenvalue weighted by Crippen LogP contribution is 2.26. The Hall–Kier alpha value is -0.0500. The first kappa shape index (κ1) is 10.0. The van der Waals surface area contributed by atoms with E-state index in [2.05, 4.69) is 0 Å². The fraction of sp³-hybridized carbons (Fsp3) is 1.00. The van der Waals surface area contributed by atoms with Gasteiger partial charge in [-0.15, -0.1) is 0 Å². The van der Waals surface area contributed by atoms with E-state index < -0.39 is 9.84 Å². The molecule has 0 aromatic rings. The smallest absolute Gasteiger partial charge is 0.147 e. The maximum atomic E-state index is 10.9. The molecule has 0 saturated heterocycles. The van der Waals surface area contributed by atoms with Gasteiger partial charge in [-0.2, -0.15) is 0 Å². The Bertz CT molecular complexity index is 213. The van der Waals surface area contributed by atoms with Gasteiger partial charge >= 0.3 is 0 Å². The third-order valence-electron chi connectivity index (χ3n) is 2.62. The SMILES string of the molecule is CS(=O)(=O)CCC1CCCCC1. The maximum Gasteiger partial charge on any atom is 0.147 e. The van der Waals surface area contributed by atoms with Crippen LogP contribution in [0.4, 0.5) is 0 Å². The quantitative estimate of drug-likeness (QED) is 0.682. The molecule has 1 fully saturated rings. The Morgan fingerprint density at radius 1 is 1.17 bits per heavy atom. The molecule has 0 spiro atoms. The summed E-state index contributed by atoms with van der Waals surface area (Å²) in [7, 11) is -2.72. The lowest BCUT2D eigenvalue weighted by Crippen LogP contribution is -2.12. The van der Waals surface area contributed by atoms with Crippen molar-refractivity contribution in [2.24, 2.45) is 5.92 Å². The molecule has 0 heterocycles. The zero-order chi connectivity index (χ0) is 9.03. The monoisotopic (exact) mass is 190 g/mol. The molecule has 0 atom stereocenters. The number of sulfone groups is 1. The molecule has 1 aliphatic rings. The summed E-state index contributed by atoms with van der Waals surface area (Å²) in [6, 6.07) is 0. The predicted molar refractivity (Wildman–Crippen MR) is 50.9 cm³/mol. The van der Waals surface area contributed by atoms with E-state index in [1.165, 1.54) is 38.4 Å². The molecule has 1 rings (SSSR count). The Balaban J connectivity index is 2.22. The average Bonchev–Trinajstić information content (AvgIpc) is 2.02. The van der Waals surface area contributed by atoms with E-state index in [0.29, 0.717) is 11.7 Å². The van der Waals surface area contributed by atoms with Crippen LogP contribution in [-0.2, 0) is 9.84 Å². The molecule has 0 unspecified atom stereocenters. The molecule has 0 aromatic heterocycles. The van der Waals surface area contributed by atoms with Crippen LogP contribution in [-0.4, -0.2) is 20.4 Å². The van der Waals surface area contributed by atoms with Crippen LogP contribution in [0.5, 0.6) is 0 Å². The summed E-state index contributed by atoms with van der Waals surface area (Å²) in [6.45, 7) is 0. The highest BCUT2D eigenvalue weighted by molar-refractivity contribution is 7.90. The molecule has 1 aliphatic carbocycles. The fourth-order valence-electron chi connectivity index (χ4n) is 1.86. The Morgan fingerprint density at radius 3 is 2.25 bits per heavy atom. The van der Waals surface area contributed by atoms with E-state index in [-0.39, 0.29) is 0 Å². The summed E-state index contributed by atoms with van der Waals surface area (Å²) in [4.78, 5) is 0. The fourth-order valence-corrected chi connectivity index (χ4v) is 2.62. The van der Waals surface area contributed by atoms with Crippen molar-refractivity contribution >= 4 is 9.84 Å². The van der Waals surface area contributed by atoms with Crippen LogP contribution < -0.4 is 0 Å². The normalized spacial score (nSPS) is 21.1. The lowest BCUT2D eigenvalue weighted by atomic mass is 9.88. The van der Waals surface area contributed by atoms with Gasteiger partial charge in [0.1, 0.15) is 9.84 Å². The van der Waals surface area contributed by atoms with Gasteiger partial charge in [0.05, 0.1) is 5.75 Å². The average molecular weight is 190 g/mol. The topological polar surface area (TPSA) is 34.1 Å². The van der Waals surface area contributed by atoms with Crippen molar-refractivity contribution in [2.75, 3.05) is 12.0 Å². The second-order valence-corrected chi connectivity index (χ2v) is 6.18. The van der Waals surface area contributed by atoms with Crippen molar-refractivity contribution in [1.29, 1.82) is 0 Å². The lowest BCUT2D eigenvalue weighted by molar-refractivity contribution is 0.350. The van der Waals surface area contributed by atoms with Crippen molar-refractivity contribution in [3.8, 4) is 0 Å². The second kappa shape index (κ2) is 4.26. The van der Waals surface area contributed by atoms with Gasteiger partial charge in [-0.25, -0.2) is 8.42 Å². The van der Waals surface area contributed by atoms with E-state index in [1.807, 2.05) is 0 Å². The van der Waals surface area contributed by atoms with E-state index >= 15 is 0 Å². The molecule has 0 radical (unpaired) electrons. The summed E-state index contributed by atoms with van der Waals surface area (Å²) < 4.78 is 21.7. The van der Waals surface area contributed by atoms with Gasteiger partial charge in [0.25, 0.3) is 0 Å². The molecular formula is C9H18O2S. The van der Waals surface area contributed by atoms with Crippen molar-refractivity contribution in [3.63, 3.8) is 0 Å². The van der Waals surface area contributed by atoms with Gasteiger partial charge in [0.2, 0.25) is 0 Å². The maximum absolute atomic E-state index is 10.9. The minimum absolute atomic E-state index is 0.387. The minimum atomic E-state index is -2.72. The third kappa shape index (κ3) is 4.10. The van der Waals surface area contributed by atoms with Crippen LogP contribution in [0.2, 0.25) is 0 Å². The van der Waals surface area contributed by atoms with E-state index in [0.717, 1.165) is 6.42 Å². The summed E-state index contributed by atoms with van der Waals surface area (Å²) in [6.07, 6.45) is 8.65. The largest absolute Gasteiger partial charge is 0.229 e. The first-order chi connectivity index (χ1) is 5.58. The molecule has 2 nitrogen and oxygen atoms in total. The minimum Gasteiger partial charge on any atom is -0.229 e. The summed E-state index contributed by atoms with van der Waals surface area (Å²) >= 11 is 0. The summed E-state index contributed by atoms with van der Waals surface area (Å²) in [5.41, 5.74) is 0. The predicted octanol–water partition coefficient (Wildman–Crippen LogP) is 2.00. The molecule has 1 saturated carbocycles. The third-order valence-corrected chi connectivity index (χ3v) is 3.60. The van der Waals surface area contributed by atoms with Crippen molar-refractivity contribution in [3.05, 3.63) is 0 Å². The van der Waals surface area contributed by atoms with Gasteiger partial charge in [-0.05, 0) is 12.3 Å². The highest BCUT2D eigenvalue weighted by Gasteiger charge is 2.15. The van der Waals surface area contributed by atoms with Crippen molar-refractivity contribution in [2.45, 2.75) is 38.5 Å². The number of hydrogen-bond acceptors (Lipinski definition) is 2. The molecule has 3 heteroatoms. The lowest BCUT2D eigenvalue weighted by Gasteiger charge is -2.20. The van der Waals surface area contributed by atoms with Crippen molar-refractivity contribution < 1.29 is 8.42 Å². The van der Waals surface area contributed by atoms with Crippen LogP contribution in [0, 0.1) is 5.92 Å². The van der Waals surface area contributed by atoms with Gasteiger partial charge in [-0.1, -0.05) is 32.1 Å². The molecule has 0 aliphatic heterocycles. The highest BCUT2D eigenvalue weighted by atomic mass is 32.2. The van der Waals surface area contributed by atoms with Crippen molar-refractivity contribution in [1.82, 2.24) is 0 Å². The van der Waals surface area contributed by atoms with Crippen LogP contribution in [0.3, 0.4) is 0 Å². The number of hydrogen-bond donors (Lipinski definition) is 0. The van der Waals surface area contributed by atoms with Gasteiger partial charge in [0, 0.05) is 6.26 Å². The van der Waals surface area contributed by atoms with E-state index in [4.69, 9.17) is 0 Å². The standard InChI is InChI=1S/C9H18O2S/c1-12(10,11)8-7-9-5-3-2-4-6-9/h9H,2-8H2,1H3. The van der Waals surface area contributed by atoms with Gasteiger partial charge in [-0.3, -0.25) is 0 Å². The van der Waals surface area contributed by atoms with Gasteiger partial charge < -0.3 is 0 Å². The Kier molecular flexibility index (Phi) is 3.56. The first-order valence-corrected chi connectivity index (χ1v) is 6.82.